The van der Waals surface area contributed by atoms with Crippen LogP contribution in [0, 0.1) is 0 Å². The third-order valence-electron chi connectivity index (χ3n) is 2.49. The lowest BCUT2D eigenvalue weighted by molar-refractivity contribution is -0.135. The highest BCUT2D eigenvalue weighted by Crippen LogP contribution is 2.21. The maximum atomic E-state index is 12.3. The Kier molecular flexibility index (Phi) is 4.27. The van der Waals surface area contributed by atoms with Gasteiger partial charge in [-0.15, -0.1) is 0 Å². The van der Waals surface area contributed by atoms with Gasteiger partial charge < -0.3 is 5.11 Å². The number of halogens is 1. The first-order valence-electron chi connectivity index (χ1n) is 5.64. The Bertz CT molecular complexity index is 634. The summed E-state index contributed by atoms with van der Waals surface area (Å²) in [6.07, 6.45) is 2.64. The maximum Gasteiger partial charge on any atom is 0.323 e. The van der Waals surface area contributed by atoms with E-state index in [4.69, 9.17) is 16.7 Å². The second kappa shape index (κ2) is 6.12. The first-order chi connectivity index (χ1) is 9.58. The third-order valence-corrected chi connectivity index (χ3v) is 2.72. The van der Waals surface area contributed by atoms with Crippen molar-refractivity contribution in [2.45, 2.75) is 0 Å². The Labute approximate surface area is 119 Å². The number of carbonyl (C=O) groups excluding carboxylic acids is 1. The number of aliphatic carboxylic acids is 1. The maximum absolute atomic E-state index is 12.3. The van der Waals surface area contributed by atoms with E-state index < -0.39 is 18.4 Å². The van der Waals surface area contributed by atoms with Crippen LogP contribution in [0.5, 0.6) is 0 Å². The number of amides is 1. The summed E-state index contributed by atoms with van der Waals surface area (Å²) in [4.78, 5) is 24.4. The molecule has 0 atom stereocenters. The van der Waals surface area contributed by atoms with E-state index in [2.05, 4.69) is 10.2 Å². The first-order valence-corrected chi connectivity index (χ1v) is 6.01. The molecule has 0 spiro atoms. The first kappa shape index (κ1) is 14.0. The molecule has 1 amide bonds. The topological polar surface area (TPSA) is 83.4 Å². The molecule has 0 fully saturated rings. The Morgan fingerprint density at radius 2 is 2.05 bits per heavy atom. The van der Waals surface area contributed by atoms with Gasteiger partial charge in [0.2, 0.25) is 0 Å². The predicted molar refractivity (Wildman–Crippen MR) is 72.8 cm³/mol. The molecule has 102 valence electrons. The van der Waals surface area contributed by atoms with Gasteiger partial charge in [-0.3, -0.25) is 14.5 Å². The number of carbonyl (C=O) groups is 2. The quantitative estimate of drug-likeness (QED) is 0.929. The molecular weight excluding hydrogens is 282 g/mol. The summed E-state index contributed by atoms with van der Waals surface area (Å²) < 4.78 is 0. The van der Waals surface area contributed by atoms with E-state index in [0.29, 0.717) is 10.7 Å². The van der Waals surface area contributed by atoms with Gasteiger partial charge in [-0.1, -0.05) is 17.7 Å². The van der Waals surface area contributed by atoms with E-state index in [0.717, 1.165) is 4.90 Å². The van der Waals surface area contributed by atoms with Crippen LogP contribution in [0.25, 0.3) is 0 Å². The van der Waals surface area contributed by atoms with Crippen molar-refractivity contribution in [2.75, 3.05) is 11.4 Å². The molecule has 20 heavy (non-hydrogen) atoms. The molecule has 0 aliphatic heterocycles. The second-order valence-corrected chi connectivity index (χ2v) is 4.33. The van der Waals surface area contributed by atoms with Gasteiger partial charge in [0.25, 0.3) is 5.91 Å². The van der Waals surface area contributed by atoms with Gasteiger partial charge in [0.05, 0.1) is 18.0 Å². The Hall–Kier alpha value is -2.47. The van der Waals surface area contributed by atoms with Crippen LogP contribution >= 0.6 is 11.6 Å². The molecule has 0 aliphatic rings. The standard InChI is InChI=1S/C13H10ClN3O3/c14-10-2-1-3-11(6-10)17(8-12(18)19)13(20)9-4-5-15-16-7-9/h1-7H,8H2,(H,18,19). The van der Waals surface area contributed by atoms with Gasteiger partial charge in [0.15, 0.2) is 0 Å². The SMILES string of the molecule is O=C(O)CN(C(=O)c1ccnnc1)c1cccc(Cl)c1. The fourth-order valence-electron chi connectivity index (χ4n) is 1.63. The van der Waals surface area contributed by atoms with Crippen molar-refractivity contribution in [1.29, 1.82) is 0 Å². The van der Waals surface area contributed by atoms with Gasteiger partial charge in [-0.25, -0.2) is 0 Å². The monoisotopic (exact) mass is 291 g/mol. The van der Waals surface area contributed by atoms with Crippen LogP contribution in [-0.2, 0) is 4.79 Å². The van der Waals surface area contributed by atoms with Crippen molar-refractivity contribution in [3.8, 4) is 0 Å². The average Bonchev–Trinajstić information content (AvgIpc) is 2.45. The van der Waals surface area contributed by atoms with Crippen molar-refractivity contribution in [3.05, 3.63) is 53.3 Å². The van der Waals surface area contributed by atoms with Gasteiger partial charge in [0, 0.05) is 10.7 Å². The molecule has 1 aromatic heterocycles. The van der Waals surface area contributed by atoms with Gasteiger partial charge >= 0.3 is 5.97 Å². The van der Waals surface area contributed by atoms with E-state index in [-0.39, 0.29) is 5.56 Å². The highest BCUT2D eigenvalue weighted by Gasteiger charge is 2.20. The van der Waals surface area contributed by atoms with Crippen molar-refractivity contribution >= 4 is 29.2 Å². The van der Waals surface area contributed by atoms with Crippen LogP contribution in [0.15, 0.2) is 42.7 Å². The lowest BCUT2D eigenvalue weighted by atomic mass is 10.2. The molecule has 1 heterocycles. The molecule has 2 aromatic rings. The van der Waals surface area contributed by atoms with Gasteiger partial charge in [-0.05, 0) is 24.3 Å². The Morgan fingerprint density at radius 3 is 2.65 bits per heavy atom. The molecule has 0 aliphatic carbocycles. The Balaban J connectivity index is 2.38. The number of benzene rings is 1. The summed E-state index contributed by atoms with van der Waals surface area (Å²) >= 11 is 5.87. The molecule has 0 bridgehead atoms. The molecule has 2 rings (SSSR count). The number of hydrogen-bond donors (Lipinski definition) is 1. The van der Waals surface area contributed by atoms with E-state index in [1.165, 1.54) is 24.5 Å². The summed E-state index contributed by atoms with van der Waals surface area (Å²) in [5, 5.41) is 16.6. The lowest BCUT2D eigenvalue weighted by Crippen LogP contribution is -2.35. The zero-order valence-electron chi connectivity index (χ0n) is 10.2. The summed E-state index contributed by atoms with van der Waals surface area (Å²) in [5.74, 6) is -1.61. The Morgan fingerprint density at radius 1 is 1.25 bits per heavy atom. The molecule has 6 nitrogen and oxygen atoms in total. The highest BCUT2D eigenvalue weighted by atomic mass is 35.5. The van der Waals surface area contributed by atoms with E-state index in [1.807, 2.05) is 0 Å². The minimum atomic E-state index is -1.12. The summed E-state index contributed by atoms with van der Waals surface area (Å²) in [7, 11) is 0. The zero-order chi connectivity index (χ0) is 14.5. The fourth-order valence-corrected chi connectivity index (χ4v) is 1.82. The highest BCUT2D eigenvalue weighted by molar-refractivity contribution is 6.31. The number of aromatic nitrogens is 2. The van der Waals surface area contributed by atoms with Crippen LogP contribution in [0.3, 0.4) is 0 Å². The summed E-state index contributed by atoms with van der Waals surface area (Å²) in [6.45, 7) is -0.471. The number of carboxylic acid groups (broad SMARTS) is 1. The summed E-state index contributed by atoms with van der Waals surface area (Å²) in [5.41, 5.74) is 0.655. The number of rotatable bonds is 4. The molecule has 0 saturated heterocycles. The number of anilines is 1. The molecule has 1 N–H and O–H groups in total. The lowest BCUT2D eigenvalue weighted by Gasteiger charge is -2.20. The molecule has 0 radical (unpaired) electrons. The van der Waals surface area contributed by atoms with Crippen LogP contribution in [-0.4, -0.2) is 33.7 Å². The fraction of sp³-hybridized carbons (Fsp3) is 0.0769. The summed E-state index contributed by atoms with van der Waals surface area (Å²) in [6, 6.07) is 7.89. The van der Waals surface area contributed by atoms with Crippen molar-refractivity contribution in [3.63, 3.8) is 0 Å². The number of hydrogen-bond acceptors (Lipinski definition) is 4. The minimum Gasteiger partial charge on any atom is -0.480 e. The predicted octanol–water partition coefficient (Wildman–Crippen LogP) is 1.86. The largest absolute Gasteiger partial charge is 0.480 e. The average molecular weight is 292 g/mol. The van der Waals surface area contributed by atoms with E-state index in [1.54, 1.807) is 18.2 Å². The van der Waals surface area contributed by atoms with Crippen LogP contribution in [0.1, 0.15) is 10.4 Å². The van der Waals surface area contributed by atoms with Gasteiger partial charge in [0.1, 0.15) is 6.54 Å². The molecule has 7 heteroatoms. The minimum absolute atomic E-state index is 0.251. The zero-order valence-corrected chi connectivity index (χ0v) is 11.0. The molecule has 0 unspecified atom stereocenters. The van der Waals surface area contributed by atoms with Crippen molar-refractivity contribution < 1.29 is 14.7 Å². The smallest absolute Gasteiger partial charge is 0.323 e. The van der Waals surface area contributed by atoms with E-state index >= 15 is 0 Å². The number of nitrogens with zero attached hydrogens (tertiary/aromatic N) is 3. The van der Waals surface area contributed by atoms with Crippen LogP contribution in [0.2, 0.25) is 5.02 Å². The van der Waals surface area contributed by atoms with Crippen molar-refractivity contribution in [2.24, 2.45) is 0 Å². The third kappa shape index (κ3) is 3.30. The molecular formula is C13H10ClN3O3. The molecule has 0 saturated carbocycles. The molecule has 1 aromatic carbocycles. The number of carboxylic acids is 1. The van der Waals surface area contributed by atoms with E-state index in [9.17, 15) is 9.59 Å². The second-order valence-electron chi connectivity index (χ2n) is 3.90. The van der Waals surface area contributed by atoms with Crippen molar-refractivity contribution in [1.82, 2.24) is 10.2 Å². The van der Waals surface area contributed by atoms with Crippen LogP contribution in [0.4, 0.5) is 5.69 Å². The van der Waals surface area contributed by atoms with Gasteiger partial charge in [-0.2, -0.15) is 10.2 Å². The normalized spacial score (nSPS) is 10.1. The van der Waals surface area contributed by atoms with Crippen LogP contribution < -0.4 is 4.90 Å².